The third kappa shape index (κ3) is 16.5. The van der Waals surface area contributed by atoms with Gasteiger partial charge >= 0.3 is 6.09 Å². The number of fused-ring (bicyclic) bond motifs is 2. The number of para-hydroxylation sites is 1. The molecular formula is C56H71N13O9. The first-order chi connectivity index (χ1) is 37.8. The van der Waals surface area contributed by atoms with Gasteiger partial charge in [0.2, 0.25) is 35.4 Å². The summed E-state index contributed by atoms with van der Waals surface area (Å²) in [7, 11) is 0. The number of benzene rings is 4. The summed E-state index contributed by atoms with van der Waals surface area (Å²) in [5, 5.41) is 17.7. The van der Waals surface area contributed by atoms with Gasteiger partial charge in [-0.05, 0) is 79.1 Å². The van der Waals surface area contributed by atoms with Crippen LogP contribution < -0.4 is 59.6 Å². The van der Waals surface area contributed by atoms with Crippen molar-refractivity contribution in [2.24, 2.45) is 27.9 Å². The van der Waals surface area contributed by atoms with Crippen LogP contribution in [-0.4, -0.2) is 132 Å². The van der Waals surface area contributed by atoms with Crippen LogP contribution in [0.2, 0.25) is 0 Å². The SMILES string of the molecule is NCCCC[C@@H]1NC(=O)[C@@H](Cc2c[nH]c3ccccc23)NC(=O)[C@H](CCCN=C(N)N)NC(=O)[C@@H]2C[C@@H](OC(=O)NCCN)CN2C(=O)[C@H](Cc2ccccc2)NC(=O)[C@H](Cc2ccc(OCc3ccccc3)cc2)NC1=O. The van der Waals surface area contributed by atoms with Crippen LogP contribution in [0, 0.1) is 0 Å². The maximum absolute atomic E-state index is 15.3. The number of aromatic amines is 1. The Morgan fingerprint density at radius 2 is 1.18 bits per heavy atom. The largest absolute Gasteiger partial charge is 0.489 e. The van der Waals surface area contributed by atoms with Gasteiger partial charge in [-0.1, -0.05) is 91.0 Å². The van der Waals surface area contributed by atoms with Gasteiger partial charge in [0.25, 0.3) is 0 Å². The number of rotatable bonds is 20. The quantitative estimate of drug-likeness (QED) is 0.0295. The molecule has 7 atom stereocenters. The van der Waals surface area contributed by atoms with Gasteiger partial charge in [0.15, 0.2) is 5.96 Å². The Labute approximate surface area is 452 Å². The van der Waals surface area contributed by atoms with Crippen LogP contribution in [0.4, 0.5) is 4.79 Å². The van der Waals surface area contributed by atoms with Crippen LogP contribution in [0.25, 0.3) is 10.9 Å². The number of nitrogens with one attached hydrogen (secondary N) is 7. The highest BCUT2D eigenvalue weighted by molar-refractivity contribution is 5.99. The number of unbranched alkanes of at least 4 members (excludes halogenated alkanes) is 1. The van der Waals surface area contributed by atoms with Crippen molar-refractivity contribution >= 4 is 58.4 Å². The molecular weight excluding hydrogens is 999 g/mol. The molecule has 2 fully saturated rings. The molecule has 2 aliphatic rings. The normalized spacial score (nSPS) is 21.4. The highest BCUT2D eigenvalue weighted by Gasteiger charge is 2.45. The molecule has 15 N–H and O–H groups in total. The van der Waals surface area contributed by atoms with Crippen LogP contribution in [0.3, 0.4) is 0 Å². The van der Waals surface area contributed by atoms with E-state index in [4.69, 9.17) is 32.4 Å². The molecule has 2 aliphatic heterocycles. The minimum atomic E-state index is -1.35. The lowest BCUT2D eigenvalue weighted by Gasteiger charge is -2.31. The summed E-state index contributed by atoms with van der Waals surface area (Å²) in [5.74, 6) is -4.02. The number of nitrogens with two attached hydrogens (primary N) is 4. The van der Waals surface area contributed by atoms with Crippen LogP contribution in [-0.2, 0) is 59.4 Å². The molecule has 0 spiro atoms. The second kappa shape index (κ2) is 28.6. The van der Waals surface area contributed by atoms with Crippen molar-refractivity contribution in [3.05, 3.63) is 138 Å². The second-order valence-corrected chi connectivity index (χ2v) is 19.4. The fraction of sp³-hybridized carbons (Fsp3) is 0.393. The molecule has 3 heterocycles. The number of amides is 7. The summed E-state index contributed by atoms with van der Waals surface area (Å²) >= 11 is 0. The molecule has 7 rings (SSSR count). The molecule has 22 heteroatoms. The molecule has 22 nitrogen and oxygen atoms in total. The minimum absolute atomic E-state index is 0.0283. The number of nitrogens with zero attached hydrogens (tertiary/aromatic N) is 2. The van der Waals surface area contributed by atoms with Gasteiger partial charge in [-0.3, -0.25) is 33.8 Å². The molecule has 1 aromatic heterocycles. The van der Waals surface area contributed by atoms with E-state index in [1.807, 2.05) is 54.6 Å². The lowest BCUT2D eigenvalue weighted by molar-refractivity contribution is -0.143. The molecule has 2 saturated heterocycles. The fourth-order valence-electron chi connectivity index (χ4n) is 9.52. The Bertz CT molecular complexity index is 2850. The van der Waals surface area contributed by atoms with E-state index in [-0.39, 0.29) is 77.1 Å². The standard InChI is InChI=1S/C56H71N13O9/c57-24-10-9-18-43-49(70)66-45(28-36-20-22-39(23-21-36)77-34-37-14-5-2-6-15-37)51(72)68-47(29-35-12-3-1-4-13-35)54(75)69-33-40(78-56(76)62-27-25-58)31-48(69)53(74)65-44(19-11-26-61-55(59)60)50(71)67-46(52(73)64-43)30-38-32-63-42-17-8-7-16-41(38)42/h1-8,12-17,20-23,32,40,43-48,63H,9-11,18-19,24-31,33-34,57-58H2,(H,62,76)(H,64,73)(H,65,74)(H,66,70)(H,67,71)(H,68,72)(H4,59,60,61)/t40-,43+,44+,45+,46-,47+,48+/m1/s1. The third-order valence-electron chi connectivity index (χ3n) is 13.6. The number of hydrogen-bond acceptors (Lipinski definition) is 12. The van der Waals surface area contributed by atoms with E-state index in [0.717, 1.165) is 16.5 Å². The topological polar surface area (TPSA) is 346 Å². The average Bonchev–Trinajstić information content (AvgIpc) is 4.06. The molecule has 4 aromatic carbocycles. The Morgan fingerprint density at radius 3 is 1.85 bits per heavy atom. The first-order valence-corrected chi connectivity index (χ1v) is 26.3. The zero-order valence-corrected chi connectivity index (χ0v) is 43.5. The lowest BCUT2D eigenvalue weighted by atomic mass is 10.00. The maximum atomic E-state index is 15.3. The molecule has 0 radical (unpaired) electrons. The predicted molar refractivity (Wildman–Crippen MR) is 293 cm³/mol. The molecule has 414 valence electrons. The highest BCUT2D eigenvalue weighted by Crippen LogP contribution is 2.25. The van der Waals surface area contributed by atoms with Gasteiger partial charge in [-0.25, -0.2) is 4.79 Å². The van der Waals surface area contributed by atoms with E-state index in [9.17, 15) is 24.0 Å². The van der Waals surface area contributed by atoms with Crippen molar-refractivity contribution in [2.45, 2.75) is 107 Å². The summed E-state index contributed by atoms with van der Waals surface area (Å²) in [6, 6.07) is 25.1. The number of hydrogen-bond donors (Lipinski definition) is 11. The van der Waals surface area contributed by atoms with E-state index in [2.05, 4.69) is 41.9 Å². The number of alkyl carbamates (subject to hydrolysis) is 1. The molecule has 0 saturated carbocycles. The van der Waals surface area contributed by atoms with Crippen LogP contribution in [0.1, 0.15) is 60.8 Å². The predicted octanol–water partition coefficient (Wildman–Crippen LogP) is 1.05. The Kier molecular flexibility index (Phi) is 21.0. The van der Waals surface area contributed by atoms with Crippen LogP contribution >= 0.6 is 0 Å². The fourth-order valence-corrected chi connectivity index (χ4v) is 9.52. The van der Waals surface area contributed by atoms with Crippen LogP contribution in [0.5, 0.6) is 5.75 Å². The summed E-state index contributed by atoms with van der Waals surface area (Å²) < 4.78 is 11.7. The van der Waals surface area contributed by atoms with Crippen molar-refractivity contribution in [3.63, 3.8) is 0 Å². The van der Waals surface area contributed by atoms with Gasteiger partial charge in [0.05, 0.1) is 6.54 Å². The molecule has 0 bridgehead atoms. The molecule has 0 aliphatic carbocycles. The Hall–Kier alpha value is -8.50. The molecule has 78 heavy (non-hydrogen) atoms. The highest BCUT2D eigenvalue weighted by atomic mass is 16.6. The van der Waals surface area contributed by atoms with Crippen molar-refractivity contribution in [2.75, 3.05) is 32.7 Å². The van der Waals surface area contributed by atoms with E-state index in [1.165, 1.54) is 4.90 Å². The van der Waals surface area contributed by atoms with Gasteiger partial charge < -0.3 is 74.2 Å². The summed E-state index contributed by atoms with van der Waals surface area (Å²) in [4.78, 5) is 111. The van der Waals surface area contributed by atoms with Crippen LogP contribution in [0.15, 0.2) is 120 Å². The molecule has 0 unspecified atom stereocenters. The second-order valence-electron chi connectivity index (χ2n) is 19.4. The Balaban J connectivity index is 1.29. The number of carbonyl (C=O) groups excluding carboxylic acids is 7. The van der Waals surface area contributed by atoms with Gasteiger partial charge in [-0.2, -0.15) is 0 Å². The molecule has 7 amide bonds. The first-order valence-electron chi connectivity index (χ1n) is 26.3. The average molecular weight is 1070 g/mol. The van der Waals surface area contributed by atoms with Crippen molar-refractivity contribution in [3.8, 4) is 5.75 Å². The van der Waals surface area contributed by atoms with Gasteiger partial charge in [0.1, 0.15) is 54.7 Å². The number of aliphatic imine (C=N–C) groups is 1. The lowest BCUT2D eigenvalue weighted by Crippen LogP contribution is -2.62. The minimum Gasteiger partial charge on any atom is -0.489 e. The number of ether oxygens (including phenoxy) is 2. The van der Waals surface area contributed by atoms with Crippen molar-refractivity contribution < 1.29 is 43.0 Å². The smallest absolute Gasteiger partial charge is 0.407 e. The maximum Gasteiger partial charge on any atom is 0.407 e. The zero-order valence-electron chi connectivity index (χ0n) is 43.5. The zero-order chi connectivity index (χ0) is 55.4. The molecule has 5 aromatic rings. The van der Waals surface area contributed by atoms with Gasteiger partial charge in [0, 0.05) is 62.4 Å². The summed E-state index contributed by atoms with van der Waals surface area (Å²) in [6.07, 6.45) is 0.684. The number of carbonyl (C=O) groups is 7. The monoisotopic (exact) mass is 1070 g/mol. The van der Waals surface area contributed by atoms with E-state index >= 15 is 9.59 Å². The number of guanidine groups is 1. The summed E-state index contributed by atoms with van der Waals surface area (Å²) in [6.45, 7) is 0.647. The van der Waals surface area contributed by atoms with Crippen molar-refractivity contribution in [1.29, 1.82) is 0 Å². The van der Waals surface area contributed by atoms with Gasteiger partial charge in [-0.15, -0.1) is 0 Å². The van der Waals surface area contributed by atoms with E-state index in [0.29, 0.717) is 48.4 Å². The number of aromatic nitrogens is 1. The van der Waals surface area contributed by atoms with Crippen molar-refractivity contribution in [1.82, 2.24) is 41.8 Å². The van der Waals surface area contributed by atoms with E-state index in [1.54, 1.807) is 60.8 Å². The Morgan fingerprint density at radius 1 is 0.615 bits per heavy atom. The van der Waals surface area contributed by atoms with E-state index < -0.39 is 83.9 Å². The first kappa shape index (κ1) is 57.2. The summed E-state index contributed by atoms with van der Waals surface area (Å²) in [5.41, 5.74) is 26.4. The number of H-pyrrole nitrogens is 1. The third-order valence-corrected chi connectivity index (χ3v) is 13.6.